The quantitative estimate of drug-likeness (QED) is 0.598. The molecule has 0 aliphatic carbocycles. The molecule has 56 valence electrons. The highest BCUT2D eigenvalue weighted by Gasteiger charge is 1.98. The molecule has 0 aromatic carbocycles. The molecular weight excluding hydrogens is 142 g/mol. The summed E-state index contributed by atoms with van der Waals surface area (Å²) >= 11 is 0. The van der Waals surface area contributed by atoms with Crippen LogP contribution >= 0.6 is 0 Å². The van der Waals surface area contributed by atoms with Gasteiger partial charge in [-0.15, -0.1) is 0 Å². The highest BCUT2D eigenvalue weighted by atomic mass is 15.3. The largest absolute Gasteiger partial charge is 0.325 e. The lowest BCUT2D eigenvalue weighted by Gasteiger charge is -1.96. The molecule has 0 aliphatic rings. The Labute approximate surface area is 62.9 Å². The molecule has 5 nitrogen and oxygen atoms in total. The fraction of sp³-hybridized carbons (Fsp3) is 0.167. The zero-order valence-corrected chi connectivity index (χ0v) is 5.81. The Hall–Kier alpha value is -1.49. The van der Waals surface area contributed by atoms with Crippen molar-refractivity contribution in [1.82, 2.24) is 19.6 Å². The lowest BCUT2D eigenvalue weighted by Crippen LogP contribution is -2.05. The first-order valence-corrected chi connectivity index (χ1v) is 3.25. The lowest BCUT2D eigenvalue weighted by molar-refractivity contribution is 0.835. The van der Waals surface area contributed by atoms with E-state index < -0.39 is 0 Å². The van der Waals surface area contributed by atoms with Gasteiger partial charge in [-0.05, 0) is 6.07 Å². The molecule has 0 spiro atoms. The van der Waals surface area contributed by atoms with Gasteiger partial charge in [0.2, 0.25) is 0 Å². The summed E-state index contributed by atoms with van der Waals surface area (Å²) in [5, 5.41) is 3.95. The molecule has 0 fully saturated rings. The number of rotatable bonds is 1. The first-order valence-electron chi connectivity index (χ1n) is 3.25. The Balaban J connectivity index is 2.79. The molecule has 0 bridgehead atoms. The topological polar surface area (TPSA) is 69.1 Å². The normalized spacial score (nSPS) is 10.6. The van der Waals surface area contributed by atoms with Gasteiger partial charge in [0, 0.05) is 12.7 Å². The lowest BCUT2D eigenvalue weighted by atomic mass is 10.4. The third kappa shape index (κ3) is 0.857. The van der Waals surface area contributed by atoms with Crippen LogP contribution in [0.1, 0.15) is 5.69 Å². The van der Waals surface area contributed by atoms with Gasteiger partial charge >= 0.3 is 0 Å². The monoisotopic (exact) mass is 149 g/mol. The number of hydrogen-bond acceptors (Lipinski definition) is 4. The van der Waals surface area contributed by atoms with Crippen LogP contribution in [0.2, 0.25) is 0 Å². The van der Waals surface area contributed by atoms with Gasteiger partial charge in [-0.1, -0.05) is 0 Å². The maximum Gasteiger partial charge on any atom is 0.252 e. The number of aromatic nitrogens is 4. The maximum absolute atomic E-state index is 5.46. The standard InChI is InChI=1S/C6H7N5/c7-3-5-1-2-8-6-9-4-10-11(5)6/h1-2,4H,3,7H2. The molecule has 0 radical (unpaired) electrons. The third-order valence-electron chi connectivity index (χ3n) is 1.47. The second-order valence-corrected chi connectivity index (χ2v) is 2.11. The summed E-state index contributed by atoms with van der Waals surface area (Å²) in [6, 6.07) is 1.82. The van der Waals surface area contributed by atoms with Crippen LogP contribution in [-0.4, -0.2) is 19.6 Å². The summed E-state index contributed by atoms with van der Waals surface area (Å²) < 4.78 is 1.62. The van der Waals surface area contributed by atoms with Gasteiger partial charge in [0.15, 0.2) is 0 Å². The molecule has 0 saturated carbocycles. The molecule has 0 unspecified atom stereocenters. The molecule has 2 N–H and O–H groups in total. The van der Waals surface area contributed by atoms with Gasteiger partial charge in [0.05, 0.1) is 5.69 Å². The van der Waals surface area contributed by atoms with Crippen LogP contribution in [0.3, 0.4) is 0 Å². The zero-order valence-electron chi connectivity index (χ0n) is 5.81. The fourth-order valence-corrected chi connectivity index (χ4v) is 0.941. The molecule has 0 atom stereocenters. The summed E-state index contributed by atoms with van der Waals surface area (Å²) in [7, 11) is 0. The van der Waals surface area contributed by atoms with Crippen molar-refractivity contribution in [1.29, 1.82) is 0 Å². The Kier molecular flexibility index (Phi) is 1.29. The SMILES string of the molecule is NCc1ccnc2ncnn12. The van der Waals surface area contributed by atoms with Gasteiger partial charge < -0.3 is 5.73 Å². The van der Waals surface area contributed by atoms with Crippen molar-refractivity contribution in [2.45, 2.75) is 6.54 Å². The summed E-state index contributed by atoms with van der Waals surface area (Å²) in [6.45, 7) is 0.447. The van der Waals surface area contributed by atoms with E-state index in [4.69, 9.17) is 5.73 Å². The summed E-state index contributed by atoms with van der Waals surface area (Å²) in [5.41, 5.74) is 6.37. The van der Waals surface area contributed by atoms with E-state index in [2.05, 4.69) is 15.1 Å². The molecule has 0 amide bonds. The molecule has 0 saturated heterocycles. The summed E-state index contributed by atoms with van der Waals surface area (Å²) in [4.78, 5) is 7.90. The van der Waals surface area contributed by atoms with E-state index in [1.807, 2.05) is 6.07 Å². The smallest absolute Gasteiger partial charge is 0.252 e. The first kappa shape index (κ1) is 6.23. The second-order valence-electron chi connectivity index (χ2n) is 2.11. The van der Waals surface area contributed by atoms with Crippen LogP contribution in [0.4, 0.5) is 0 Å². The highest BCUT2D eigenvalue weighted by Crippen LogP contribution is 1.97. The van der Waals surface area contributed by atoms with E-state index in [0.29, 0.717) is 12.3 Å². The Morgan fingerprint density at radius 3 is 3.18 bits per heavy atom. The minimum absolute atomic E-state index is 0.447. The maximum atomic E-state index is 5.46. The van der Waals surface area contributed by atoms with E-state index in [1.54, 1.807) is 10.7 Å². The van der Waals surface area contributed by atoms with Crippen molar-refractivity contribution in [2.24, 2.45) is 5.73 Å². The average molecular weight is 149 g/mol. The minimum atomic E-state index is 0.447. The van der Waals surface area contributed by atoms with Gasteiger partial charge in [-0.3, -0.25) is 0 Å². The Morgan fingerprint density at radius 2 is 2.36 bits per heavy atom. The fourth-order valence-electron chi connectivity index (χ4n) is 0.941. The van der Waals surface area contributed by atoms with Crippen molar-refractivity contribution >= 4 is 5.78 Å². The zero-order chi connectivity index (χ0) is 7.68. The molecule has 2 heterocycles. The van der Waals surface area contributed by atoms with E-state index in [1.165, 1.54) is 6.33 Å². The summed E-state index contributed by atoms with van der Waals surface area (Å²) in [5.74, 6) is 0.591. The van der Waals surface area contributed by atoms with E-state index in [-0.39, 0.29) is 0 Å². The second kappa shape index (κ2) is 2.28. The van der Waals surface area contributed by atoms with Crippen molar-refractivity contribution in [2.75, 3.05) is 0 Å². The number of hydrogen-bond donors (Lipinski definition) is 1. The minimum Gasteiger partial charge on any atom is -0.325 e. The van der Waals surface area contributed by atoms with Gasteiger partial charge in [-0.25, -0.2) is 9.50 Å². The van der Waals surface area contributed by atoms with E-state index in [9.17, 15) is 0 Å². The number of nitrogens with two attached hydrogens (primary N) is 1. The Bertz CT molecular complexity index is 366. The summed E-state index contributed by atoms with van der Waals surface area (Å²) in [6.07, 6.45) is 3.13. The van der Waals surface area contributed by atoms with Crippen LogP contribution < -0.4 is 5.73 Å². The van der Waals surface area contributed by atoms with Gasteiger partial charge in [-0.2, -0.15) is 10.1 Å². The molecule has 2 aromatic heterocycles. The highest BCUT2D eigenvalue weighted by molar-refractivity contribution is 5.26. The van der Waals surface area contributed by atoms with E-state index in [0.717, 1.165) is 5.69 Å². The van der Waals surface area contributed by atoms with Crippen LogP contribution in [0.15, 0.2) is 18.6 Å². The van der Waals surface area contributed by atoms with Crippen molar-refractivity contribution in [3.63, 3.8) is 0 Å². The molecule has 0 aliphatic heterocycles. The van der Waals surface area contributed by atoms with Crippen LogP contribution in [0.5, 0.6) is 0 Å². The average Bonchev–Trinajstić information content (AvgIpc) is 2.50. The van der Waals surface area contributed by atoms with Crippen LogP contribution in [0, 0.1) is 0 Å². The molecule has 2 rings (SSSR count). The number of fused-ring (bicyclic) bond motifs is 1. The van der Waals surface area contributed by atoms with Crippen LogP contribution in [-0.2, 0) is 6.54 Å². The number of nitrogens with zero attached hydrogens (tertiary/aromatic N) is 4. The predicted molar refractivity (Wildman–Crippen MR) is 38.7 cm³/mol. The van der Waals surface area contributed by atoms with Gasteiger partial charge in [0.25, 0.3) is 5.78 Å². The molecule has 11 heavy (non-hydrogen) atoms. The third-order valence-corrected chi connectivity index (χ3v) is 1.47. The van der Waals surface area contributed by atoms with Crippen molar-refractivity contribution < 1.29 is 0 Å². The van der Waals surface area contributed by atoms with Crippen LogP contribution in [0.25, 0.3) is 5.78 Å². The van der Waals surface area contributed by atoms with E-state index >= 15 is 0 Å². The predicted octanol–water partition coefficient (Wildman–Crippen LogP) is -0.417. The Morgan fingerprint density at radius 1 is 1.45 bits per heavy atom. The molecular formula is C6H7N5. The van der Waals surface area contributed by atoms with Gasteiger partial charge in [0.1, 0.15) is 6.33 Å². The van der Waals surface area contributed by atoms with Crippen molar-refractivity contribution in [3.05, 3.63) is 24.3 Å². The first-order chi connectivity index (χ1) is 5.42. The molecule has 2 aromatic rings. The molecule has 5 heteroatoms. The van der Waals surface area contributed by atoms with Crippen molar-refractivity contribution in [3.8, 4) is 0 Å².